The van der Waals surface area contributed by atoms with Gasteiger partial charge in [0.05, 0.1) is 0 Å². The van der Waals surface area contributed by atoms with E-state index >= 15 is 0 Å². The predicted octanol–water partition coefficient (Wildman–Crippen LogP) is 14.3. The van der Waals surface area contributed by atoms with Crippen LogP contribution in [0.5, 0.6) is 0 Å². The molecular formula is C53H31N3O2. The molecule has 5 heteroatoms. The average molecular weight is 742 g/mol. The standard InChI is InChI=1S/C53H31N3O2/c1-2-10-32(11-3-1)34-20-24-36(25-21-34)51-54-52(39-27-23-35-28-29-47-48(44(35)31-39)41-14-6-7-18-45(41)57-47)56-53(55-51)43-17-9-19-46-49(43)42-16-8-15-40(50(42)58-46)38-26-22-33-12-4-5-13-37(33)30-38/h1-31H. The van der Waals surface area contributed by atoms with Gasteiger partial charge in [-0.2, -0.15) is 0 Å². The fourth-order valence-corrected chi connectivity index (χ4v) is 8.50. The van der Waals surface area contributed by atoms with Crippen LogP contribution < -0.4 is 0 Å². The van der Waals surface area contributed by atoms with E-state index in [2.05, 4.69) is 158 Å². The lowest BCUT2D eigenvalue weighted by Crippen LogP contribution is -2.00. The number of benzene rings is 9. The van der Waals surface area contributed by atoms with E-state index in [-0.39, 0.29) is 0 Å². The third-order valence-corrected chi connectivity index (χ3v) is 11.3. The molecule has 12 aromatic rings. The van der Waals surface area contributed by atoms with Gasteiger partial charge in [-0.1, -0.05) is 158 Å². The van der Waals surface area contributed by atoms with Crippen LogP contribution in [0.25, 0.3) is 122 Å². The van der Waals surface area contributed by atoms with Crippen molar-refractivity contribution >= 4 is 65.4 Å². The van der Waals surface area contributed by atoms with E-state index in [1.165, 1.54) is 10.8 Å². The van der Waals surface area contributed by atoms with Crippen molar-refractivity contribution in [2.75, 3.05) is 0 Å². The summed E-state index contributed by atoms with van der Waals surface area (Å²) in [7, 11) is 0. The van der Waals surface area contributed by atoms with Gasteiger partial charge in [-0.25, -0.2) is 15.0 Å². The van der Waals surface area contributed by atoms with Crippen LogP contribution in [0.4, 0.5) is 0 Å². The fourth-order valence-electron chi connectivity index (χ4n) is 8.50. The highest BCUT2D eigenvalue weighted by Gasteiger charge is 2.20. The maximum absolute atomic E-state index is 6.73. The van der Waals surface area contributed by atoms with Crippen LogP contribution >= 0.6 is 0 Å². The number of hydrogen-bond donors (Lipinski definition) is 0. The molecule has 0 saturated heterocycles. The van der Waals surface area contributed by atoms with Crippen molar-refractivity contribution in [1.29, 1.82) is 0 Å². The van der Waals surface area contributed by atoms with Gasteiger partial charge in [-0.05, 0) is 68.6 Å². The molecule has 0 saturated carbocycles. The summed E-state index contributed by atoms with van der Waals surface area (Å²) < 4.78 is 13.0. The van der Waals surface area contributed by atoms with Gasteiger partial charge in [0.1, 0.15) is 22.3 Å². The molecule has 0 aliphatic carbocycles. The lowest BCUT2D eigenvalue weighted by molar-refractivity contribution is 0.669. The van der Waals surface area contributed by atoms with E-state index in [4.69, 9.17) is 23.8 Å². The normalized spacial score (nSPS) is 11.8. The van der Waals surface area contributed by atoms with Gasteiger partial charge in [0.2, 0.25) is 0 Å². The van der Waals surface area contributed by atoms with Gasteiger partial charge in [-0.3, -0.25) is 0 Å². The molecule has 12 rings (SSSR count). The van der Waals surface area contributed by atoms with Crippen LogP contribution in [0.1, 0.15) is 0 Å². The molecule has 0 atom stereocenters. The second kappa shape index (κ2) is 12.8. The Morgan fingerprint density at radius 2 is 0.897 bits per heavy atom. The number of rotatable bonds is 5. The minimum Gasteiger partial charge on any atom is -0.456 e. The van der Waals surface area contributed by atoms with Gasteiger partial charge in [-0.15, -0.1) is 0 Å². The van der Waals surface area contributed by atoms with Crippen LogP contribution in [0.2, 0.25) is 0 Å². The number of aromatic nitrogens is 3. The molecule has 0 fully saturated rings. The third-order valence-electron chi connectivity index (χ3n) is 11.3. The Labute approximate surface area is 332 Å². The number of para-hydroxylation sites is 2. The average Bonchev–Trinajstić information content (AvgIpc) is 3.88. The summed E-state index contributed by atoms with van der Waals surface area (Å²) in [6, 6.07) is 65.1. The predicted molar refractivity (Wildman–Crippen MR) is 237 cm³/mol. The van der Waals surface area contributed by atoms with Crippen LogP contribution in [-0.2, 0) is 0 Å². The van der Waals surface area contributed by atoms with E-state index < -0.39 is 0 Å². The van der Waals surface area contributed by atoms with Crippen molar-refractivity contribution in [3.63, 3.8) is 0 Å². The Morgan fingerprint density at radius 1 is 0.293 bits per heavy atom. The van der Waals surface area contributed by atoms with Gasteiger partial charge < -0.3 is 8.83 Å². The van der Waals surface area contributed by atoms with Crippen molar-refractivity contribution in [2.24, 2.45) is 0 Å². The molecule has 270 valence electrons. The summed E-state index contributed by atoms with van der Waals surface area (Å²) in [6.07, 6.45) is 0. The second-order valence-electron chi connectivity index (χ2n) is 14.7. The maximum atomic E-state index is 6.73. The molecule has 0 N–H and O–H groups in total. The minimum absolute atomic E-state index is 0.573. The van der Waals surface area contributed by atoms with E-state index in [1.54, 1.807) is 0 Å². The summed E-state index contributed by atoms with van der Waals surface area (Å²) in [6.45, 7) is 0. The largest absolute Gasteiger partial charge is 0.456 e. The summed E-state index contributed by atoms with van der Waals surface area (Å²) >= 11 is 0. The summed E-state index contributed by atoms with van der Waals surface area (Å²) in [5.74, 6) is 1.75. The first kappa shape index (κ1) is 32.4. The zero-order valence-electron chi connectivity index (χ0n) is 31.1. The van der Waals surface area contributed by atoms with E-state index in [0.29, 0.717) is 17.5 Å². The van der Waals surface area contributed by atoms with Gasteiger partial charge in [0.15, 0.2) is 17.5 Å². The quantitative estimate of drug-likeness (QED) is 0.176. The maximum Gasteiger partial charge on any atom is 0.164 e. The fraction of sp³-hybridized carbons (Fsp3) is 0. The minimum atomic E-state index is 0.573. The molecule has 0 radical (unpaired) electrons. The number of fused-ring (bicyclic) bond motifs is 9. The molecule has 9 aromatic carbocycles. The van der Waals surface area contributed by atoms with E-state index in [1.807, 2.05) is 30.3 Å². The molecule has 3 aromatic heterocycles. The Morgan fingerprint density at radius 3 is 1.79 bits per heavy atom. The smallest absolute Gasteiger partial charge is 0.164 e. The van der Waals surface area contributed by atoms with Crippen LogP contribution in [-0.4, -0.2) is 15.0 Å². The first-order chi connectivity index (χ1) is 28.7. The highest BCUT2D eigenvalue weighted by molar-refractivity contribution is 6.19. The molecule has 0 amide bonds. The zero-order valence-corrected chi connectivity index (χ0v) is 31.1. The molecule has 0 bridgehead atoms. The summed E-state index contributed by atoms with van der Waals surface area (Å²) in [5, 5.41) is 8.72. The van der Waals surface area contributed by atoms with Crippen LogP contribution in [0.15, 0.2) is 197 Å². The Hall–Kier alpha value is -7.89. The van der Waals surface area contributed by atoms with Crippen molar-refractivity contribution in [3.05, 3.63) is 188 Å². The first-order valence-electron chi connectivity index (χ1n) is 19.4. The summed E-state index contributed by atoms with van der Waals surface area (Å²) in [5.41, 5.74) is 10.4. The van der Waals surface area contributed by atoms with Crippen molar-refractivity contribution in [1.82, 2.24) is 15.0 Å². The Bertz CT molecular complexity index is 3570. The van der Waals surface area contributed by atoms with Crippen molar-refractivity contribution < 1.29 is 8.83 Å². The molecule has 0 aliphatic heterocycles. The second-order valence-corrected chi connectivity index (χ2v) is 14.7. The lowest BCUT2D eigenvalue weighted by atomic mass is 9.98. The number of nitrogens with zero attached hydrogens (tertiary/aromatic N) is 3. The monoisotopic (exact) mass is 741 g/mol. The Balaban J connectivity index is 1.07. The van der Waals surface area contributed by atoms with Gasteiger partial charge in [0.25, 0.3) is 0 Å². The lowest BCUT2D eigenvalue weighted by Gasteiger charge is -2.11. The van der Waals surface area contributed by atoms with Gasteiger partial charge in [0, 0.05) is 43.8 Å². The highest BCUT2D eigenvalue weighted by atomic mass is 16.3. The SMILES string of the molecule is c1ccc(-c2ccc(-c3nc(-c4ccc5ccc6oc7ccccc7c6c5c4)nc(-c4cccc5oc6c(-c7ccc8ccccc8c7)cccc6c45)n3)cc2)cc1. The van der Waals surface area contributed by atoms with E-state index in [0.717, 1.165) is 93.6 Å². The topological polar surface area (TPSA) is 65.0 Å². The summed E-state index contributed by atoms with van der Waals surface area (Å²) in [4.78, 5) is 15.7. The molecule has 0 unspecified atom stereocenters. The molecule has 0 spiro atoms. The molecular weight excluding hydrogens is 711 g/mol. The van der Waals surface area contributed by atoms with Gasteiger partial charge >= 0.3 is 0 Å². The Kier molecular flexibility index (Phi) is 7.16. The molecule has 3 heterocycles. The molecule has 5 nitrogen and oxygen atoms in total. The highest BCUT2D eigenvalue weighted by Crippen LogP contribution is 2.42. The van der Waals surface area contributed by atoms with Crippen LogP contribution in [0.3, 0.4) is 0 Å². The van der Waals surface area contributed by atoms with Crippen molar-refractivity contribution in [2.45, 2.75) is 0 Å². The molecule has 0 aliphatic rings. The first-order valence-corrected chi connectivity index (χ1v) is 19.4. The number of hydrogen-bond acceptors (Lipinski definition) is 5. The third kappa shape index (κ3) is 5.21. The zero-order chi connectivity index (χ0) is 38.2. The van der Waals surface area contributed by atoms with E-state index in [9.17, 15) is 0 Å². The molecule has 58 heavy (non-hydrogen) atoms. The van der Waals surface area contributed by atoms with Crippen molar-refractivity contribution in [3.8, 4) is 56.4 Å². The number of furan rings is 2. The van der Waals surface area contributed by atoms with Crippen LogP contribution in [0, 0.1) is 0 Å².